The molecule has 1 saturated heterocycles. The molecule has 1 aliphatic rings. The van der Waals surface area contributed by atoms with E-state index < -0.39 is 5.97 Å². The van der Waals surface area contributed by atoms with Crippen LogP contribution in [-0.4, -0.2) is 54.5 Å². The highest BCUT2D eigenvalue weighted by Crippen LogP contribution is 2.18. The van der Waals surface area contributed by atoms with Gasteiger partial charge in [-0.15, -0.1) is 0 Å². The van der Waals surface area contributed by atoms with Gasteiger partial charge in [-0.2, -0.15) is 0 Å². The number of likely N-dealkylation sites (tertiary alicyclic amines) is 1. The van der Waals surface area contributed by atoms with Gasteiger partial charge >= 0.3 is 5.97 Å². The van der Waals surface area contributed by atoms with Gasteiger partial charge < -0.3 is 14.9 Å². The third kappa shape index (κ3) is 4.84. The molecular formula is C17H24N2O3. The van der Waals surface area contributed by atoms with Crippen LogP contribution < -0.4 is 4.90 Å². The van der Waals surface area contributed by atoms with Crippen LogP contribution in [0.3, 0.4) is 0 Å². The van der Waals surface area contributed by atoms with Crippen LogP contribution in [0.5, 0.6) is 0 Å². The Morgan fingerprint density at radius 1 is 1.23 bits per heavy atom. The van der Waals surface area contributed by atoms with Crippen molar-refractivity contribution in [1.29, 1.82) is 0 Å². The Bertz CT molecular complexity index is 524. The number of ketones is 1. The SMILES string of the molecule is CC(=O)c1cccc(N(CCC(=O)O)CCN2CCCC2)c1. The van der Waals surface area contributed by atoms with Crippen molar-refractivity contribution in [2.24, 2.45) is 0 Å². The summed E-state index contributed by atoms with van der Waals surface area (Å²) < 4.78 is 0. The van der Waals surface area contributed by atoms with E-state index in [1.54, 1.807) is 13.0 Å². The molecule has 0 saturated carbocycles. The third-order valence-electron chi connectivity index (χ3n) is 4.10. The van der Waals surface area contributed by atoms with Crippen LogP contribution in [0.4, 0.5) is 5.69 Å². The second-order valence-corrected chi connectivity index (χ2v) is 5.79. The van der Waals surface area contributed by atoms with E-state index >= 15 is 0 Å². The third-order valence-corrected chi connectivity index (χ3v) is 4.10. The zero-order valence-electron chi connectivity index (χ0n) is 13.1. The predicted molar refractivity (Wildman–Crippen MR) is 86.6 cm³/mol. The smallest absolute Gasteiger partial charge is 0.305 e. The van der Waals surface area contributed by atoms with E-state index in [2.05, 4.69) is 9.80 Å². The molecule has 1 fully saturated rings. The summed E-state index contributed by atoms with van der Waals surface area (Å²) in [7, 11) is 0. The number of nitrogens with zero attached hydrogens (tertiary/aromatic N) is 2. The number of Topliss-reactive ketones (excluding diaryl/α,β-unsaturated/α-hetero) is 1. The maximum Gasteiger partial charge on any atom is 0.305 e. The Hall–Kier alpha value is -1.88. The molecule has 1 heterocycles. The molecule has 5 heteroatoms. The molecule has 0 aromatic heterocycles. The van der Waals surface area contributed by atoms with Gasteiger partial charge in [-0.05, 0) is 45.0 Å². The normalized spacial score (nSPS) is 15.0. The van der Waals surface area contributed by atoms with Crippen molar-refractivity contribution in [3.05, 3.63) is 29.8 Å². The quantitative estimate of drug-likeness (QED) is 0.747. The minimum atomic E-state index is -0.797. The van der Waals surface area contributed by atoms with Crippen molar-refractivity contribution in [1.82, 2.24) is 4.90 Å². The first-order valence-electron chi connectivity index (χ1n) is 7.86. The zero-order chi connectivity index (χ0) is 15.9. The monoisotopic (exact) mass is 304 g/mol. The number of rotatable bonds is 8. The van der Waals surface area contributed by atoms with Crippen molar-refractivity contribution in [2.75, 3.05) is 37.6 Å². The van der Waals surface area contributed by atoms with Crippen LogP contribution in [0.1, 0.15) is 36.5 Å². The first-order chi connectivity index (χ1) is 10.6. The van der Waals surface area contributed by atoms with Crippen LogP contribution in [0.15, 0.2) is 24.3 Å². The van der Waals surface area contributed by atoms with Gasteiger partial charge in [-0.1, -0.05) is 12.1 Å². The maximum absolute atomic E-state index is 11.5. The summed E-state index contributed by atoms with van der Waals surface area (Å²) in [5, 5.41) is 8.94. The van der Waals surface area contributed by atoms with E-state index in [1.165, 1.54) is 12.8 Å². The Kier molecular flexibility index (Phi) is 5.95. The van der Waals surface area contributed by atoms with E-state index in [1.807, 2.05) is 18.2 Å². The number of carboxylic acids is 1. The topological polar surface area (TPSA) is 60.9 Å². The second-order valence-electron chi connectivity index (χ2n) is 5.79. The lowest BCUT2D eigenvalue weighted by Crippen LogP contribution is -2.35. The van der Waals surface area contributed by atoms with Crippen molar-refractivity contribution < 1.29 is 14.7 Å². The second kappa shape index (κ2) is 7.94. The van der Waals surface area contributed by atoms with Crippen molar-refractivity contribution in [2.45, 2.75) is 26.2 Å². The summed E-state index contributed by atoms with van der Waals surface area (Å²) in [4.78, 5) is 26.9. The molecule has 0 radical (unpaired) electrons. The summed E-state index contributed by atoms with van der Waals surface area (Å²) in [6.07, 6.45) is 2.59. The largest absolute Gasteiger partial charge is 0.481 e. The molecule has 1 aliphatic heterocycles. The summed E-state index contributed by atoms with van der Waals surface area (Å²) in [6.45, 7) is 5.98. The van der Waals surface area contributed by atoms with E-state index in [-0.39, 0.29) is 12.2 Å². The maximum atomic E-state index is 11.5. The first-order valence-corrected chi connectivity index (χ1v) is 7.86. The summed E-state index contributed by atoms with van der Waals surface area (Å²) >= 11 is 0. The Morgan fingerprint density at radius 2 is 1.95 bits per heavy atom. The molecular weight excluding hydrogens is 280 g/mol. The molecule has 0 amide bonds. The Labute approximate surface area is 131 Å². The van der Waals surface area contributed by atoms with Gasteiger partial charge in [0, 0.05) is 30.9 Å². The van der Waals surface area contributed by atoms with Crippen LogP contribution >= 0.6 is 0 Å². The molecule has 1 aromatic rings. The molecule has 0 spiro atoms. The summed E-state index contributed by atoms with van der Waals surface area (Å²) in [5.74, 6) is -0.770. The molecule has 2 rings (SSSR count). The number of anilines is 1. The average Bonchev–Trinajstić information content (AvgIpc) is 3.00. The molecule has 120 valence electrons. The van der Waals surface area contributed by atoms with E-state index in [4.69, 9.17) is 5.11 Å². The molecule has 0 atom stereocenters. The number of carbonyl (C=O) groups is 2. The van der Waals surface area contributed by atoms with Gasteiger partial charge in [0.05, 0.1) is 6.42 Å². The Morgan fingerprint density at radius 3 is 2.59 bits per heavy atom. The number of aliphatic carboxylic acids is 1. The van der Waals surface area contributed by atoms with Crippen LogP contribution in [-0.2, 0) is 4.79 Å². The van der Waals surface area contributed by atoms with Crippen LogP contribution in [0.2, 0.25) is 0 Å². The molecule has 0 bridgehead atoms. The molecule has 22 heavy (non-hydrogen) atoms. The summed E-state index contributed by atoms with van der Waals surface area (Å²) in [5.41, 5.74) is 1.59. The van der Waals surface area contributed by atoms with Gasteiger partial charge in [0.1, 0.15) is 0 Å². The highest BCUT2D eigenvalue weighted by atomic mass is 16.4. The van der Waals surface area contributed by atoms with Gasteiger partial charge in [0.15, 0.2) is 5.78 Å². The lowest BCUT2D eigenvalue weighted by atomic mass is 10.1. The van der Waals surface area contributed by atoms with Crippen LogP contribution in [0.25, 0.3) is 0 Å². The van der Waals surface area contributed by atoms with Crippen molar-refractivity contribution >= 4 is 17.4 Å². The van der Waals surface area contributed by atoms with Crippen molar-refractivity contribution in [3.63, 3.8) is 0 Å². The van der Waals surface area contributed by atoms with Crippen LogP contribution in [0, 0.1) is 0 Å². The van der Waals surface area contributed by atoms with E-state index in [0.29, 0.717) is 12.1 Å². The number of benzene rings is 1. The van der Waals surface area contributed by atoms with Gasteiger partial charge in [0.2, 0.25) is 0 Å². The number of hydrogen-bond acceptors (Lipinski definition) is 4. The molecule has 1 aromatic carbocycles. The lowest BCUT2D eigenvalue weighted by Gasteiger charge is -2.27. The van der Waals surface area contributed by atoms with Gasteiger partial charge in [0.25, 0.3) is 0 Å². The fourth-order valence-electron chi connectivity index (χ4n) is 2.79. The minimum absolute atomic E-state index is 0.0274. The highest BCUT2D eigenvalue weighted by molar-refractivity contribution is 5.95. The fraction of sp³-hybridized carbons (Fsp3) is 0.529. The number of carboxylic acid groups (broad SMARTS) is 1. The molecule has 5 nitrogen and oxygen atoms in total. The van der Waals surface area contributed by atoms with E-state index in [0.717, 1.165) is 31.9 Å². The van der Waals surface area contributed by atoms with Gasteiger partial charge in [-0.3, -0.25) is 9.59 Å². The molecule has 0 unspecified atom stereocenters. The minimum Gasteiger partial charge on any atom is -0.481 e. The van der Waals surface area contributed by atoms with Gasteiger partial charge in [-0.25, -0.2) is 0 Å². The first kappa shape index (κ1) is 16.5. The highest BCUT2D eigenvalue weighted by Gasteiger charge is 2.15. The van der Waals surface area contributed by atoms with Crippen molar-refractivity contribution in [3.8, 4) is 0 Å². The predicted octanol–water partition coefficient (Wildman–Crippen LogP) is 2.27. The summed E-state index contributed by atoms with van der Waals surface area (Å²) in [6, 6.07) is 7.45. The van der Waals surface area contributed by atoms with E-state index in [9.17, 15) is 9.59 Å². The molecule has 0 aliphatic carbocycles. The number of hydrogen-bond donors (Lipinski definition) is 1. The average molecular weight is 304 g/mol. The lowest BCUT2D eigenvalue weighted by molar-refractivity contribution is -0.136. The zero-order valence-corrected chi connectivity index (χ0v) is 13.1. The fourth-order valence-corrected chi connectivity index (χ4v) is 2.79. The molecule has 1 N–H and O–H groups in total. The standard InChI is InChI=1S/C17H24N2O3/c1-14(20)15-5-4-6-16(13-15)19(10-7-17(21)22)12-11-18-8-2-3-9-18/h4-6,13H,2-3,7-12H2,1H3,(H,21,22). The Balaban J connectivity index is 2.06. The number of carbonyl (C=O) groups excluding carboxylic acids is 1.